The van der Waals surface area contributed by atoms with Crippen LogP contribution in [0.15, 0.2) is 0 Å². The zero-order chi connectivity index (χ0) is 9.54. The van der Waals surface area contributed by atoms with Crippen molar-refractivity contribution in [1.82, 2.24) is 9.80 Å². The van der Waals surface area contributed by atoms with E-state index in [-0.39, 0.29) is 0 Å². The van der Waals surface area contributed by atoms with Crippen LogP contribution in [-0.4, -0.2) is 49.1 Å². The first-order valence-electron chi connectivity index (χ1n) is 6.25. The topological polar surface area (TPSA) is 6.48 Å². The normalized spacial score (nSPS) is 44.8. The SMILES string of the molecule is CN1CCN([C@H]2C[C@H]3CC[C@@H]2C3)CC1. The average molecular weight is 194 g/mol. The zero-order valence-electron chi connectivity index (χ0n) is 9.28. The van der Waals surface area contributed by atoms with E-state index in [4.69, 9.17) is 0 Å². The van der Waals surface area contributed by atoms with Crippen LogP contribution in [0.5, 0.6) is 0 Å². The molecule has 0 aromatic carbocycles. The Bertz CT molecular complexity index is 208. The lowest BCUT2D eigenvalue weighted by atomic mass is 9.93. The lowest BCUT2D eigenvalue weighted by Gasteiger charge is -2.39. The van der Waals surface area contributed by atoms with Crippen molar-refractivity contribution < 1.29 is 0 Å². The highest BCUT2D eigenvalue weighted by Gasteiger charge is 2.42. The molecule has 3 aliphatic rings. The van der Waals surface area contributed by atoms with Crippen LogP contribution in [0.4, 0.5) is 0 Å². The third-order valence-corrected chi connectivity index (χ3v) is 4.71. The molecule has 0 unspecified atom stereocenters. The molecule has 2 saturated carbocycles. The summed E-state index contributed by atoms with van der Waals surface area (Å²) in [5.74, 6) is 2.17. The van der Waals surface area contributed by atoms with E-state index in [1.807, 2.05) is 0 Å². The van der Waals surface area contributed by atoms with Crippen LogP contribution in [0, 0.1) is 11.8 Å². The fourth-order valence-corrected chi connectivity index (χ4v) is 3.81. The van der Waals surface area contributed by atoms with Crippen LogP contribution < -0.4 is 0 Å². The second-order valence-corrected chi connectivity index (χ2v) is 5.58. The van der Waals surface area contributed by atoms with Crippen molar-refractivity contribution in [2.45, 2.75) is 31.7 Å². The van der Waals surface area contributed by atoms with Gasteiger partial charge in [0.05, 0.1) is 0 Å². The molecule has 1 aliphatic heterocycles. The molecule has 14 heavy (non-hydrogen) atoms. The number of hydrogen-bond acceptors (Lipinski definition) is 2. The van der Waals surface area contributed by atoms with Crippen LogP contribution in [0.25, 0.3) is 0 Å². The van der Waals surface area contributed by atoms with Gasteiger partial charge in [-0.15, -0.1) is 0 Å². The molecular weight excluding hydrogens is 172 g/mol. The number of fused-ring (bicyclic) bond motifs is 2. The van der Waals surface area contributed by atoms with Crippen LogP contribution in [0.2, 0.25) is 0 Å². The fourth-order valence-electron chi connectivity index (χ4n) is 3.81. The maximum Gasteiger partial charge on any atom is 0.0127 e. The Morgan fingerprint density at radius 2 is 1.71 bits per heavy atom. The summed E-state index contributed by atoms with van der Waals surface area (Å²) in [5.41, 5.74) is 0. The number of rotatable bonds is 1. The summed E-state index contributed by atoms with van der Waals surface area (Å²) >= 11 is 0. The van der Waals surface area contributed by atoms with Gasteiger partial charge in [-0.2, -0.15) is 0 Å². The maximum absolute atomic E-state index is 2.78. The van der Waals surface area contributed by atoms with Gasteiger partial charge in [0.25, 0.3) is 0 Å². The Morgan fingerprint density at radius 3 is 2.29 bits per heavy atom. The van der Waals surface area contributed by atoms with Gasteiger partial charge >= 0.3 is 0 Å². The summed E-state index contributed by atoms with van der Waals surface area (Å²) in [7, 11) is 2.25. The Balaban J connectivity index is 1.61. The maximum atomic E-state index is 2.78. The summed E-state index contributed by atoms with van der Waals surface area (Å²) in [6.45, 7) is 5.22. The van der Waals surface area contributed by atoms with Crippen LogP contribution in [0.1, 0.15) is 25.7 Å². The Kier molecular flexibility index (Phi) is 2.29. The molecule has 2 bridgehead atoms. The van der Waals surface area contributed by atoms with Gasteiger partial charge in [0.15, 0.2) is 0 Å². The van der Waals surface area contributed by atoms with Crippen LogP contribution in [-0.2, 0) is 0 Å². The van der Waals surface area contributed by atoms with E-state index < -0.39 is 0 Å². The van der Waals surface area contributed by atoms with E-state index in [0.29, 0.717) is 0 Å². The third-order valence-electron chi connectivity index (χ3n) is 4.71. The van der Waals surface area contributed by atoms with Gasteiger partial charge in [0.2, 0.25) is 0 Å². The molecule has 0 N–H and O–H groups in total. The van der Waals surface area contributed by atoms with Gasteiger partial charge < -0.3 is 4.90 Å². The number of hydrogen-bond donors (Lipinski definition) is 0. The Hall–Kier alpha value is -0.0800. The fraction of sp³-hybridized carbons (Fsp3) is 1.00. The molecule has 2 heteroatoms. The zero-order valence-corrected chi connectivity index (χ0v) is 9.28. The minimum Gasteiger partial charge on any atom is -0.304 e. The Labute approximate surface area is 87.3 Å². The lowest BCUT2D eigenvalue weighted by molar-refractivity contribution is 0.0826. The molecule has 0 amide bonds. The van der Waals surface area contributed by atoms with Gasteiger partial charge in [-0.3, -0.25) is 4.90 Å². The summed E-state index contributed by atoms with van der Waals surface area (Å²) in [5, 5.41) is 0. The van der Waals surface area contributed by atoms with Crippen molar-refractivity contribution >= 4 is 0 Å². The molecule has 1 saturated heterocycles. The third kappa shape index (κ3) is 1.49. The van der Waals surface area contributed by atoms with Gasteiger partial charge in [-0.25, -0.2) is 0 Å². The van der Waals surface area contributed by atoms with E-state index in [1.165, 1.54) is 45.4 Å². The van der Waals surface area contributed by atoms with Gasteiger partial charge in [-0.05, 0) is 38.1 Å². The quantitative estimate of drug-likeness (QED) is 0.623. The van der Waals surface area contributed by atoms with Crippen LogP contribution in [0.3, 0.4) is 0 Å². The molecular formula is C12H22N2. The summed E-state index contributed by atoms with van der Waals surface area (Å²) in [6.07, 6.45) is 6.14. The summed E-state index contributed by atoms with van der Waals surface area (Å²) in [4.78, 5) is 5.24. The summed E-state index contributed by atoms with van der Waals surface area (Å²) in [6, 6.07) is 0.974. The first-order valence-corrected chi connectivity index (χ1v) is 6.25. The van der Waals surface area contributed by atoms with Crippen molar-refractivity contribution in [2.75, 3.05) is 33.2 Å². The van der Waals surface area contributed by atoms with Crippen LogP contribution >= 0.6 is 0 Å². The smallest absolute Gasteiger partial charge is 0.0127 e. The van der Waals surface area contributed by atoms with Gasteiger partial charge in [-0.1, -0.05) is 6.42 Å². The average Bonchev–Trinajstić information content (AvgIpc) is 2.80. The minimum absolute atomic E-state index is 0.974. The van der Waals surface area contributed by atoms with E-state index >= 15 is 0 Å². The van der Waals surface area contributed by atoms with E-state index in [0.717, 1.165) is 17.9 Å². The monoisotopic (exact) mass is 194 g/mol. The van der Waals surface area contributed by atoms with E-state index in [1.54, 1.807) is 6.42 Å². The molecule has 2 nitrogen and oxygen atoms in total. The van der Waals surface area contributed by atoms with E-state index in [2.05, 4.69) is 16.8 Å². The first kappa shape index (κ1) is 9.17. The first-order chi connectivity index (χ1) is 6.83. The summed E-state index contributed by atoms with van der Waals surface area (Å²) < 4.78 is 0. The molecule has 0 spiro atoms. The van der Waals surface area contributed by atoms with Crippen molar-refractivity contribution in [3.8, 4) is 0 Å². The minimum atomic E-state index is 0.974. The predicted molar refractivity (Wildman–Crippen MR) is 58.3 cm³/mol. The van der Waals surface area contributed by atoms with Crippen molar-refractivity contribution in [1.29, 1.82) is 0 Å². The molecule has 2 aliphatic carbocycles. The molecule has 1 heterocycles. The highest BCUT2D eigenvalue weighted by molar-refractivity contribution is 4.96. The highest BCUT2D eigenvalue weighted by Crippen LogP contribution is 2.46. The van der Waals surface area contributed by atoms with Gasteiger partial charge in [0, 0.05) is 32.2 Å². The molecule has 0 aromatic rings. The highest BCUT2D eigenvalue weighted by atomic mass is 15.3. The molecule has 80 valence electrons. The molecule has 3 atom stereocenters. The number of nitrogens with zero attached hydrogens (tertiary/aromatic N) is 2. The number of piperazine rings is 1. The van der Waals surface area contributed by atoms with Crippen molar-refractivity contribution in [3.63, 3.8) is 0 Å². The number of likely N-dealkylation sites (N-methyl/N-ethyl adjacent to an activating group) is 1. The lowest BCUT2D eigenvalue weighted by Crippen LogP contribution is -2.50. The molecule has 3 fully saturated rings. The predicted octanol–water partition coefficient (Wildman–Crippen LogP) is 1.42. The van der Waals surface area contributed by atoms with Gasteiger partial charge in [0.1, 0.15) is 0 Å². The largest absolute Gasteiger partial charge is 0.304 e. The molecule has 0 radical (unpaired) electrons. The second kappa shape index (κ2) is 3.49. The van der Waals surface area contributed by atoms with Crippen molar-refractivity contribution in [3.05, 3.63) is 0 Å². The molecule has 3 rings (SSSR count). The standard InChI is InChI=1S/C12H22N2/c1-13-4-6-14(7-5-13)12-9-10-2-3-11(12)8-10/h10-12H,2-9H2,1H3/t10-,11+,12-/m0/s1. The molecule has 0 aromatic heterocycles. The van der Waals surface area contributed by atoms with E-state index in [9.17, 15) is 0 Å². The van der Waals surface area contributed by atoms with Crippen molar-refractivity contribution in [2.24, 2.45) is 11.8 Å². The second-order valence-electron chi connectivity index (χ2n) is 5.58. The Morgan fingerprint density at radius 1 is 0.929 bits per heavy atom.